The molecule has 3 rings (SSSR count). The van der Waals surface area contributed by atoms with Crippen molar-refractivity contribution < 1.29 is 4.39 Å². The smallest absolute Gasteiger partial charge is 0.233 e. The predicted molar refractivity (Wildman–Crippen MR) is 92.0 cm³/mol. The molecular weight excluding hydrogens is 375 g/mol. The van der Waals surface area contributed by atoms with Crippen LogP contribution in [-0.2, 0) is 6.42 Å². The Balaban J connectivity index is 1.90. The summed E-state index contributed by atoms with van der Waals surface area (Å²) in [6, 6.07) is 9.36. The van der Waals surface area contributed by atoms with Gasteiger partial charge in [-0.3, -0.25) is 15.4 Å². The predicted octanol–water partition coefficient (Wildman–Crippen LogP) is 3.23. The first-order valence-electron chi connectivity index (χ1n) is 7.02. The second-order valence-corrected chi connectivity index (χ2v) is 5.57. The number of rotatable bonds is 5. The molecule has 3 heterocycles. The average molecular weight is 387 g/mol. The highest BCUT2D eigenvalue weighted by Crippen LogP contribution is 2.12. The van der Waals surface area contributed by atoms with Gasteiger partial charge in [-0.2, -0.15) is 14.5 Å². The first-order valence-corrected chi connectivity index (χ1v) is 7.82. The van der Waals surface area contributed by atoms with E-state index >= 15 is 0 Å². The summed E-state index contributed by atoms with van der Waals surface area (Å²) < 4.78 is 13.8. The molecule has 0 bridgehead atoms. The van der Waals surface area contributed by atoms with Gasteiger partial charge in [0.1, 0.15) is 4.60 Å². The number of hydrogen-bond donors (Lipinski definition) is 1. The van der Waals surface area contributed by atoms with E-state index in [2.05, 4.69) is 46.4 Å². The molecule has 0 amide bonds. The number of halogens is 2. The number of hydrazone groups is 1. The number of aromatic nitrogens is 4. The molecule has 0 aliphatic rings. The van der Waals surface area contributed by atoms with E-state index in [1.54, 1.807) is 12.4 Å². The molecule has 0 spiro atoms. The van der Waals surface area contributed by atoms with Gasteiger partial charge in [0, 0.05) is 30.1 Å². The number of nitrogens with zero attached hydrogens (tertiary/aromatic N) is 5. The lowest BCUT2D eigenvalue weighted by molar-refractivity contribution is 0.578. The van der Waals surface area contributed by atoms with E-state index in [0.29, 0.717) is 16.7 Å². The summed E-state index contributed by atoms with van der Waals surface area (Å²) in [4.78, 5) is 15.8. The summed E-state index contributed by atoms with van der Waals surface area (Å²) in [7, 11) is 0. The molecule has 24 heavy (non-hydrogen) atoms. The highest BCUT2D eigenvalue weighted by molar-refractivity contribution is 9.10. The Morgan fingerprint density at radius 2 is 2.08 bits per heavy atom. The third kappa shape index (κ3) is 4.39. The number of pyridine rings is 2. The number of hydrogen-bond acceptors (Lipinski definition) is 6. The van der Waals surface area contributed by atoms with E-state index in [-0.39, 0.29) is 5.82 Å². The third-order valence-electron chi connectivity index (χ3n) is 3.05. The Hall–Kier alpha value is -2.74. The van der Waals surface area contributed by atoms with Crippen molar-refractivity contribution in [1.82, 2.24) is 19.9 Å². The van der Waals surface area contributed by atoms with Crippen LogP contribution in [0.25, 0.3) is 0 Å². The first kappa shape index (κ1) is 16.1. The molecule has 6 nitrogen and oxygen atoms in total. The van der Waals surface area contributed by atoms with Gasteiger partial charge in [0.25, 0.3) is 0 Å². The van der Waals surface area contributed by atoms with Crippen LogP contribution in [0.5, 0.6) is 0 Å². The topological polar surface area (TPSA) is 76.0 Å². The summed E-state index contributed by atoms with van der Waals surface area (Å²) >= 11 is 3.35. The molecular formula is C16H12BrFN6. The van der Waals surface area contributed by atoms with Gasteiger partial charge in [0.05, 0.1) is 18.1 Å². The van der Waals surface area contributed by atoms with Crippen molar-refractivity contribution >= 4 is 27.5 Å². The van der Waals surface area contributed by atoms with Gasteiger partial charge in [-0.1, -0.05) is 6.07 Å². The molecule has 0 aromatic carbocycles. The van der Waals surface area contributed by atoms with Crippen molar-refractivity contribution in [3.63, 3.8) is 0 Å². The van der Waals surface area contributed by atoms with Crippen molar-refractivity contribution in [3.05, 3.63) is 76.9 Å². The van der Waals surface area contributed by atoms with Crippen LogP contribution in [0, 0.1) is 5.95 Å². The van der Waals surface area contributed by atoms with Gasteiger partial charge >= 0.3 is 0 Å². The molecule has 0 fully saturated rings. The third-order valence-corrected chi connectivity index (χ3v) is 3.48. The van der Waals surface area contributed by atoms with Crippen LogP contribution >= 0.6 is 15.9 Å². The minimum atomic E-state index is -0.673. The normalized spacial score (nSPS) is 11.3. The highest BCUT2D eigenvalue weighted by atomic mass is 79.9. The van der Waals surface area contributed by atoms with Gasteiger partial charge in [0.15, 0.2) is 5.82 Å². The molecule has 120 valence electrons. The Morgan fingerprint density at radius 1 is 1.17 bits per heavy atom. The fraction of sp³-hybridized carbons (Fsp3) is 0.0625. The molecule has 3 aromatic rings. The van der Waals surface area contributed by atoms with Gasteiger partial charge in [0.2, 0.25) is 5.95 Å². The summed E-state index contributed by atoms with van der Waals surface area (Å²) in [5, 5.41) is 4.35. The second-order valence-electron chi connectivity index (χ2n) is 4.76. The quantitative estimate of drug-likeness (QED) is 0.413. The van der Waals surface area contributed by atoms with E-state index in [1.807, 2.05) is 30.3 Å². The van der Waals surface area contributed by atoms with Crippen LogP contribution < -0.4 is 5.43 Å². The fourth-order valence-corrected chi connectivity index (χ4v) is 2.35. The molecule has 0 saturated heterocycles. The van der Waals surface area contributed by atoms with Crippen LogP contribution in [0.2, 0.25) is 0 Å². The Kier molecular flexibility index (Phi) is 5.17. The molecule has 3 aromatic heterocycles. The largest absolute Gasteiger partial charge is 0.261 e. The monoisotopic (exact) mass is 386 g/mol. The van der Waals surface area contributed by atoms with Crippen LogP contribution in [0.3, 0.4) is 0 Å². The highest BCUT2D eigenvalue weighted by Gasteiger charge is 2.08. The second kappa shape index (κ2) is 7.69. The molecule has 8 heteroatoms. The fourth-order valence-electron chi connectivity index (χ4n) is 1.98. The van der Waals surface area contributed by atoms with Crippen molar-refractivity contribution in [2.45, 2.75) is 6.42 Å². The van der Waals surface area contributed by atoms with Gasteiger partial charge in [-0.05, 0) is 40.2 Å². The maximum Gasteiger partial charge on any atom is 0.233 e. The minimum Gasteiger partial charge on any atom is -0.261 e. The van der Waals surface area contributed by atoms with Crippen LogP contribution in [0.4, 0.5) is 10.2 Å². The molecule has 0 aliphatic heterocycles. The van der Waals surface area contributed by atoms with Crippen molar-refractivity contribution in [3.8, 4) is 0 Å². The summed E-state index contributed by atoms with van der Waals surface area (Å²) in [6.45, 7) is 0. The van der Waals surface area contributed by atoms with E-state index < -0.39 is 5.95 Å². The van der Waals surface area contributed by atoms with E-state index in [4.69, 9.17) is 0 Å². The Labute approximate surface area is 146 Å². The molecule has 0 saturated carbocycles. The summed E-state index contributed by atoms with van der Waals surface area (Å²) in [5.41, 5.74) is 5.16. The maximum atomic E-state index is 13.1. The van der Waals surface area contributed by atoms with Gasteiger partial charge in [-0.15, -0.1) is 0 Å². The summed E-state index contributed by atoms with van der Waals surface area (Å²) in [6.07, 6.45) is 6.32. The average Bonchev–Trinajstić information content (AvgIpc) is 2.59. The number of nitrogens with one attached hydrogen (secondary N) is 1. The molecule has 0 unspecified atom stereocenters. The van der Waals surface area contributed by atoms with Gasteiger partial charge in [-0.25, -0.2) is 4.98 Å². The SMILES string of the molecule is Fc1cncc(N/N=C(/Cc2ccccn2)c2ccnc(Br)c2)n1. The van der Waals surface area contributed by atoms with Crippen LogP contribution in [0.15, 0.2) is 64.8 Å². The zero-order valence-corrected chi connectivity index (χ0v) is 14.0. The zero-order valence-electron chi connectivity index (χ0n) is 12.4. The van der Waals surface area contributed by atoms with Crippen molar-refractivity contribution in [1.29, 1.82) is 0 Å². The molecule has 0 aliphatic carbocycles. The van der Waals surface area contributed by atoms with E-state index in [1.165, 1.54) is 6.20 Å². The van der Waals surface area contributed by atoms with Gasteiger partial charge < -0.3 is 0 Å². The lowest BCUT2D eigenvalue weighted by atomic mass is 10.1. The Bertz CT molecular complexity index is 856. The number of anilines is 1. The van der Waals surface area contributed by atoms with Crippen LogP contribution in [-0.4, -0.2) is 25.6 Å². The lowest BCUT2D eigenvalue weighted by Gasteiger charge is -2.08. The van der Waals surface area contributed by atoms with E-state index in [0.717, 1.165) is 17.5 Å². The van der Waals surface area contributed by atoms with Crippen LogP contribution in [0.1, 0.15) is 11.3 Å². The first-order chi connectivity index (χ1) is 11.7. The lowest BCUT2D eigenvalue weighted by Crippen LogP contribution is -2.10. The minimum absolute atomic E-state index is 0.224. The zero-order chi connectivity index (χ0) is 16.8. The van der Waals surface area contributed by atoms with Crippen molar-refractivity contribution in [2.75, 3.05) is 5.43 Å². The maximum absolute atomic E-state index is 13.1. The van der Waals surface area contributed by atoms with E-state index in [9.17, 15) is 4.39 Å². The molecule has 0 radical (unpaired) electrons. The molecule has 1 N–H and O–H groups in total. The molecule has 0 atom stereocenters. The summed E-state index contributed by atoms with van der Waals surface area (Å²) in [5.74, 6) is -0.449. The standard InChI is InChI=1S/C16H12BrFN6/c17-14-7-11(4-6-21-14)13(8-12-3-1-2-5-20-12)23-24-16-10-19-9-15(18)22-16/h1-7,9-10H,8H2,(H,22,24)/b23-13-. The Morgan fingerprint density at radius 3 is 2.83 bits per heavy atom. The van der Waals surface area contributed by atoms with Crippen molar-refractivity contribution in [2.24, 2.45) is 5.10 Å².